The molecule has 0 bridgehead atoms. The highest BCUT2D eigenvalue weighted by Gasteiger charge is 2.32. The molecular weight excluding hydrogens is 385 g/mol. The summed E-state index contributed by atoms with van der Waals surface area (Å²) in [5, 5.41) is 3.78. The molecule has 2 amide bonds. The Hall–Kier alpha value is -1.25. The lowest BCUT2D eigenvalue weighted by Gasteiger charge is -2.34. The number of carbonyl (C=O) groups excluding carboxylic acids is 3. The summed E-state index contributed by atoms with van der Waals surface area (Å²) in [4.78, 5) is 36.4. The average molecular weight is 412 g/mol. The third-order valence-electron chi connectivity index (χ3n) is 3.31. The van der Waals surface area contributed by atoms with Gasteiger partial charge in [0, 0.05) is 6.54 Å². The van der Waals surface area contributed by atoms with Gasteiger partial charge in [0.15, 0.2) is 0 Å². The molecule has 1 heterocycles. The van der Waals surface area contributed by atoms with E-state index in [1.165, 1.54) is 11.9 Å². The second-order valence-electron chi connectivity index (χ2n) is 7.36. The number of esters is 1. The van der Waals surface area contributed by atoms with E-state index in [-0.39, 0.29) is 12.5 Å². The molecule has 10 heteroatoms. The topological polar surface area (TPSA) is 97.0 Å². The predicted molar refractivity (Wildman–Crippen MR) is 97.8 cm³/mol. The highest BCUT2D eigenvalue weighted by atomic mass is 35.5. The molecule has 0 aromatic carbocycles. The third-order valence-corrected chi connectivity index (χ3v) is 3.53. The van der Waals surface area contributed by atoms with E-state index in [4.69, 9.17) is 32.7 Å². The minimum absolute atomic E-state index is 0.155. The van der Waals surface area contributed by atoms with Crippen molar-refractivity contribution in [3.05, 3.63) is 0 Å². The Balaban J connectivity index is 2.56. The van der Waals surface area contributed by atoms with Crippen LogP contribution < -0.4 is 10.7 Å². The summed E-state index contributed by atoms with van der Waals surface area (Å²) < 4.78 is 9.01. The lowest BCUT2D eigenvalue weighted by Crippen LogP contribution is -2.59. The lowest BCUT2D eigenvalue weighted by molar-refractivity contribution is -0.152. The molecule has 2 atom stereocenters. The zero-order chi connectivity index (χ0) is 20.1. The first-order valence-electron chi connectivity index (χ1n) is 8.40. The number of alkyl carbamates (subject to hydrolysis) is 1. The van der Waals surface area contributed by atoms with Gasteiger partial charge in [-0.1, -0.05) is 23.2 Å². The summed E-state index contributed by atoms with van der Waals surface area (Å²) in [7, 11) is 0. The number of nitrogens with one attached hydrogen (secondary N) is 2. The number of amides is 2. The van der Waals surface area contributed by atoms with Crippen LogP contribution in [0.1, 0.15) is 47.5 Å². The van der Waals surface area contributed by atoms with Crippen LogP contribution in [0.3, 0.4) is 0 Å². The van der Waals surface area contributed by atoms with Crippen LogP contribution in [0.15, 0.2) is 0 Å². The highest BCUT2D eigenvalue weighted by Crippen LogP contribution is 2.20. The van der Waals surface area contributed by atoms with E-state index in [2.05, 4.69) is 10.7 Å². The van der Waals surface area contributed by atoms with Gasteiger partial charge in [-0.05, 0) is 47.5 Å². The van der Waals surface area contributed by atoms with E-state index >= 15 is 0 Å². The predicted octanol–water partition coefficient (Wildman–Crippen LogP) is 2.13. The van der Waals surface area contributed by atoms with Crippen LogP contribution in [0.4, 0.5) is 4.79 Å². The molecule has 0 aliphatic carbocycles. The van der Waals surface area contributed by atoms with Gasteiger partial charge >= 0.3 is 12.1 Å². The van der Waals surface area contributed by atoms with E-state index in [9.17, 15) is 14.4 Å². The first-order chi connectivity index (χ1) is 11.8. The van der Waals surface area contributed by atoms with Gasteiger partial charge in [0.1, 0.15) is 28.6 Å². The van der Waals surface area contributed by atoms with Crippen LogP contribution in [0.25, 0.3) is 0 Å². The van der Waals surface area contributed by atoms with Crippen molar-refractivity contribution in [2.45, 2.75) is 69.5 Å². The number of rotatable bonds is 5. The van der Waals surface area contributed by atoms with Crippen LogP contribution in [-0.4, -0.2) is 58.1 Å². The number of alkyl halides is 2. The standard InChI is InChI=1S/C16H27Cl2N3O5/c1-10(19-14(24)26-15(2,3)4)12(22)21-8-6-7-11(20-21)13(23)25-9-16(5,17)18/h10-11,20H,6-9H2,1-5H3,(H,19,24)/t10-,11-/m0/s1. The molecule has 0 aromatic rings. The van der Waals surface area contributed by atoms with Crippen LogP contribution in [0.5, 0.6) is 0 Å². The fraction of sp³-hybridized carbons (Fsp3) is 0.812. The maximum Gasteiger partial charge on any atom is 0.408 e. The molecule has 1 aliphatic heterocycles. The zero-order valence-electron chi connectivity index (χ0n) is 15.7. The maximum absolute atomic E-state index is 12.5. The second-order valence-corrected chi connectivity index (χ2v) is 9.22. The first kappa shape index (κ1) is 22.8. The van der Waals surface area contributed by atoms with Gasteiger partial charge in [0.05, 0.1) is 0 Å². The smallest absolute Gasteiger partial charge is 0.408 e. The molecular formula is C16H27Cl2N3O5. The third kappa shape index (κ3) is 8.42. The minimum Gasteiger partial charge on any atom is -0.461 e. The van der Waals surface area contributed by atoms with Crippen LogP contribution in [-0.2, 0) is 19.1 Å². The summed E-state index contributed by atoms with van der Waals surface area (Å²) in [6, 6.07) is -1.50. The van der Waals surface area contributed by atoms with Gasteiger partial charge in [-0.2, -0.15) is 0 Å². The molecule has 26 heavy (non-hydrogen) atoms. The van der Waals surface area contributed by atoms with Crippen molar-refractivity contribution < 1.29 is 23.9 Å². The molecule has 2 N–H and O–H groups in total. The van der Waals surface area contributed by atoms with Gasteiger partial charge < -0.3 is 14.8 Å². The van der Waals surface area contributed by atoms with Gasteiger partial charge in [-0.3, -0.25) is 14.6 Å². The number of carbonyl (C=O) groups is 3. The molecule has 1 fully saturated rings. The molecule has 0 aromatic heterocycles. The zero-order valence-corrected chi connectivity index (χ0v) is 17.2. The summed E-state index contributed by atoms with van der Waals surface area (Å²) in [5.41, 5.74) is 2.16. The summed E-state index contributed by atoms with van der Waals surface area (Å²) >= 11 is 11.6. The molecule has 0 spiro atoms. The monoisotopic (exact) mass is 411 g/mol. The number of hydrogen-bond acceptors (Lipinski definition) is 6. The number of hydrazine groups is 1. The van der Waals surface area contributed by atoms with E-state index in [0.29, 0.717) is 19.4 Å². The van der Waals surface area contributed by atoms with Crippen molar-refractivity contribution >= 4 is 41.2 Å². The lowest BCUT2D eigenvalue weighted by atomic mass is 10.1. The summed E-state index contributed by atoms with van der Waals surface area (Å²) in [6.45, 7) is 8.50. The average Bonchev–Trinajstić information content (AvgIpc) is 2.49. The fourth-order valence-corrected chi connectivity index (χ4v) is 2.30. The van der Waals surface area contributed by atoms with Crippen LogP contribution in [0.2, 0.25) is 0 Å². The van der Waals surface area contributed by atoms with E-state index in [1.807, 2.05) is 0 Å². The summed E-state index contributed by atoms with van der Waals surface area (Å²) in [5.74, 6) is -0.921. The Kier molecular flexibility index (Phi) is 7.98. The Bertz CT molecular complexity index is 531. The molecule has 0 radical (unpaired) electrons. The second kappa shape index (κ2) is 9.10. The van der Waals surface area contributed by atoms with Crippen molar-refractivity contribution in [2.24, 2.45) is 0 Å². The molecule has 0 unspecified atom stereocenters. The number of halogens is 2. The number of hydrogen-bond donors (Lipinski definition) is 2. The fourth-order valence-electron chi connectivity index (χ4n) is 2.19. The first-order valence-corrected chi connectivity index (χ1v) is 9.15. The van der Waals surface area contributed by atoms with Crippen molar-refractivity contribution in [1.82, 2.24) is 15.8 Å². The van der Waals surface area contributed by atoms with Gasteiger partial charge in [0.2, 0.25) is 0 Å². The largest absolute Gasteiger partial charge is 0.461 e. The van der Waals surface area contributed by atoms with E-state index < -0.39 is 34.1 Å². The molecule has 1 rings (SSSR count). The van der Waals surface area contributed by atoms with Gasteiger partial charge in [-0.15, -0.1) is 0 Å². The molecule has 8 nitrogen and oxygen atoms in total. The Morgan fingerprint density at radius 1 is 1.27 bits per heavy atom. The van der Waals surface area contributed by atoms with Crippen molar-refractivity contribution in [3.63, 3.8) is 0 Å². The van der Waals surface area contributed by atoms with Crippen molar-refractivity contribution in [3.8, 4) is 0 Å². The van der Waals surface area contributed by atoms with Gasteiger partial charge in [0.25, 0.3) is 5.91 Å². The van der Waals surface area contributed by atoms with E-state index in [0.717, 1.165) is 0 Å². The molecule has 150 valence electrons. The highest BCUT2D eigenvalue weighted by molar-refractivity contribution is 6.48. The quantitative estimate of drug-likeness (QED) is 0.531. The number of ether oxygens (including phenoxy) is 2. The molecule has 1 saturated heterocycles. The van der Waals surface area contributed by atoms with Crippen LogP contribution in [0, 0.1) is 0 Å². The molecule has 0 saturated carbocycles. The Labute approximate surface area is 163 Å². The Morgan fingerprint density at radius 2 is 1.88 bits per heavy atom. The minimum atomic E-state index is -1.17. The SMILES string of the molecule is C[C@H](NC(=O)OC(C)(C)C)C(=O)N1CCC[C@@H](C(=O)OCC(C)(Cl)Cl)N1. The van der Waals surface area contributed by atoms with Crippen molar-refractivity contribution in [2.75, 3.05) is 13.2 Å². The normalized spacial score (nSPS) is 19.5. The number of nitrogens with zero attached hydrogens (tertiary/aromatic N) is 1. The maximum atomic E-state index is 12.5. The van der Waals surface area contributed by atoms with Crippen LogP contribution >= 0.6 is 23.2 Å². The summed E-state index contributed by atoms with van der Waals surface area (Å²) in [6.07, 6.45) is 0.434. The van der Waals surface area contributed by atoms with E-state index in [1.54, 1.807) is 27.7 Å². The Morgan fingerprint density at radius 3 is 2.42 bits per heavy atom. The van der Waals surface area contributed by atoms with Gasteiger partial charge in [-0.25, -0.2) is 10.2 Å². The van der Waals surface area contributed by atoms with Crippen molar-refractivity contribution in [1.29, 1.82) is 0 Å². The molecule has 1 aliphatic rings.